The third-order valence-corrected chi connectivity index (χ3v) is 2.33. The van der Waals surface area contributed by atoms with Crippen LogP contribution in [0.2, 0.25) is 0 Å². The van der Waals surface area contributed by atoms with E-state index in [1.54, 1.807) is 0 Å². The SMILES string of the molecule is CC(C)CC(NC(=O)c1ccncc1F)C(=O)O. The van der Waals surface area contributed by atoms with E-state index in [4.69, 9.17) is 5.11 Å². The molecule has 5 nitrogen and oxygen atoms in total. The molecule has 0 radical (unpaired) electrons. The largest absolute Gasteiger partial charge is 0.480 e. The lowest BCUT2D eigenvalue weighted by atomic mass is 10.0. The van der Waals surface area contributed by atoms with E-state index in [0.29, 0.717) is 0 Å². The van der Waals surface area contributed by atoms with Crippen LogP contribution in [0.15, 0.2) is 18.5 Å². The topological polar surface area (TPSA) is 79.3 Å². The van der Waals surface area contributed by atoms with Gasteiger partial charge in [-0.05, 0) is 18.4 Å². The van der Waals surface area contributed by atoms with Gasteiger partial charge in [0.2, 0.25) is 0 Å². The molecule has 0 spiro atoms. The lowest BCUT2D eigenvalue weighted by molar-refractivity contribution is -0.139. The average Bonchev–Trinajstić information content (AvgIpc) is 2.27. The standard InChI is InChI=1S/C12H15FN2O3/c1-7(2)5-10(12(17)18)15-11(16)8-3-4-14-6-9(8)13/h3-4,6-7,10H,5H2,1-2H3,(H,15,16)(H,17,18). The van der Waals surface area contributed by atoms with Gasteiger partial charge in [-0.25, -0.2) is 9.18 Å². The highest BCUT2D eigenvalue weighted by Crippen LogP contribution is 2.08. The smallest absolute Gasteiger partial charge is 0.326 e. The molecule has 0 saturated carbocycles. The zero-order valence-electron chi connectivity index (χ0n) is 10.2. The highest BCUT2D eigenvalue weighted by atomic mass is 19.1. The molecule has 0 fully saturated rings. The molecule has 1 unspecified atom stereocenters. The number of carbonyl (C=O) groups excluding carboxylic acids is 1. The van der Waals surface area contributed by atoms with Crippen LogP contribution in [-0.2, 0) is 4.79 Å². The quantitative estimate of drug-likeness (QED) is 0.833. The first-order valence-corrected chi connectivity index (χ1v) is 5.55. The van der Waals surface area contributed by atoms with Crippen molar-refractivity contribution in [2.75, 3.05) is 0 Å². The minimum atomic E-state index is -1.13. The van der Waals surface area contributed by atoms with Crippen molar-refractivity contribution in [2.45, 2.75) is 26.3 Å². The third kappa shape index (κ3) is 3.80. The monoisotopic (exact) mass is 254 g/mol. The molecule has 0 aliphatic heterocycles. The summed E-state index contributed by atoms with van der Waals surface area (Å²) in [7, 11) is 0. The van der Waals surface area contributed by atoms with Gasteiger partial charge in [-0.2, -0.15) is 0 Å². The van der Waals surface area contributed by atoms with Gasteiger partial charge < -0.3 is 10.4 Å². The number of halogens is 1. The Balaban J connectivity index is 2.79. The van der Waals surface area contributed by atoms with Crippen LogP contribution >= 0.6 is 0 Å². The fourth-order valence-electron chi connectivity index (χ4n) is 1.49. The van der Waals surface area contributed by atoms with Crippen molar-refractivity contribution >= 4 is 11.9 Å². The van der Waals surface area contributed by atoms with Crippen molar-refractivity contribution in [2.24, 2.45) is 5.92 Å². The van der Waals surface area contributed by atoms with Crippen LogP contribution in [0.25, 0.3) is 0 Å². The number of aliphatic carboxylic acids is 1. The summed E-state index contributed by atoms with van der Waals surface area (Å²) in [5, 5.41) is 11.3. The van der Waals surface area contributed by atoms with Crippen LogP contribution in [0.4, 0.5) is 4.39 Å². The van der Waals surface area contributed by atoms with Crippen molar-refractivity contribution in [3.8, 4) is 0 Å². The van der Waals surface area contributed by atoms with Gasteiger partial charge in [-0.1, -0.05) is 13.8 Å². The minimum Gasteiger partial charge on any atom is -0.480 e. The van der Waals surface area contributed by atoms with Gasteiger partial charge >= 0.3 is 5.97 Å². The van der Waals surface area contributed by atoms with Gasteiger partial charge in [0.05, 0.1) is 11.8 Å². The second-order valence-electron chi connectivity index (χ2n) is 4.35. The number of carboxylic acid groups (broad SMARTS) is 1. The van der Waals surface area contributed by atoms with Crippen LogP contribution in [0.3, 0.4) is 0 Å². The number of nitrogens with one attached hydrogen (secondary N) is 1. The van der Waals surface area contributed by atoms with Crippen molar-refractivity contribution in [3.63, 3.8) is 0 Å². The van der Waals surface area contributed by atoms with Crippen LogP contribution in [-0.4, -0.2) is 28.0 Å². The Kier molecular flexibility index (Phi) is 4.76. The lowest BCUT2D eigenvalue weighted by Crippen LogP contribution is -2.41. The number of rotatable bonds is 5. The summed E-state index contributed by atoms with van der Waals surface area (Å²) in [6.07, 6.45) is 2.47. The van der Waals surface area contributed by atoms with Gasteiger partial charge in [-0.15, -0.1) is 0 Å². The second kappa shape index (κ2) is 6.09. The van der Waals surface area contributed by atoms with E-state index < -0.39 is 23.7 Å². The zero-order chi connectivity index (χ0) is 13.7. The van der Waals surface area contributed by atoms with E-state index in [9.17, 15) is 14.0 Å². The first kappa shape index (κ1) is 14.1. The number of aromatic nitrogens is 1. The molecular weight excluding hydrogens is 239 g/mol. The number of amides is 1. The summed E-state index contributed by atoms with van der Waals surface area (Å²) in [5.41, 5.74) is -0.208. The molecule has 1 rings (SSSR count). The Morgan fingerprint density at radius 1 is 1.50 bits per heavy atom. The maximum Gasteiger partial charge on any atom is 0.326 e. The molecule has 0 saturated heterocycles. The number of hydrogen-bond donors (Lipinski definition) is 2. The van der Waals surface area contributed by atoms with Crippen LogP contribution in [0, 0.1) is 11.7 Å². The molecule has 6 heteroatoms. The Morgan fingerprint density at radius 2 is 2.17 bits per heavy atom. The Hall–Kier alpha value is -1.98. The van der Waals surface area contributed by atoms with Gasteiger partial charge in [0, 0.05) is 6.20 Å². The molecule has 1 atom stereocenters. The number of nitrogens with zero attached hydrogens (tertiary/aromatic N) is 1. The highest BCUT2D eigenvalue weighted by molar-refractivity contribution is 5.96. The zero-order valence-corrected chi connectivity index (χ0v) is 10.2. The second-order valence-corrected chi connectivity index (χ2v) is 4.35. The van der Waals surface area contributed by atoms with Crippen molar-refractivity contribution in [1.29, 1.82) is 0 Å². The van der Waals surface area contributed by atoms with Gasteiger partial charge in [-0.3, -0.25) is 9.78 Å². The van der Waals surface area contributed by atoms with Crippen molar-refractivity contribution in [1.82, 2.24) is 10.3 Å². The summed E-state index contributed by atoms with van der Waals surface area (Å²) in [5.74, 6) is -2.55. The Bertz CT molecular complexity index is 449. The fraction of sp³-hybridized carbons (Fsp3) is 0.417. The van der Waals surface area contributed by atoms with Crippen molar-refractivity contribution < 1.29 is 19.1 Å². The van der Waals surface area contributed by atoms with E-state index >= 15 is 0 Å². The Morgan fingerprint density at radius 3 is 2.67 bits per heavy atom. The molecule has 1 aromatic heterocycles. The van der Waals surface area contributed by atoms with Gasteiger partial charge in [0.15, 0.2) is 5.82 Å². The molecule has 1 heterocycles. The number of carbonyl (C=O) groups is 2. The Labute approximate surface area is 104 Å². The van der Waals surface area contributed by atoms with Gasteiger partial charge in [0.25, 0.3) is 5.91 Å². The molecule has 18 heavy (non-hydrogen) atoms. The molecule has 1 aromatic rings. The molecular formula is C12H15FN2O3. The summed E-state index contributed by atoms with van der Waals surface area (Å²) in [6.45, 7) is 3.68. The summed E-state index contributed by atoms with van der Waals surface area (Å²) in [4.78, 5) is 26.2. The lowest BCUT2D eigenvalue weighted by Gasteiger charge is -2.16. The van der Waals surface area contributed by atoms with Crippen molar-refractivity contribution in [3.05, 3.63) is 29.8 Å². The predicted molar refractivity (Wildman–Crippen MR) is 62.5 cm³/mol. The van der Waals surface area contributed by atoms with Crippen LogP contribution < -0.4 is 5.32 Å². The molecule has 0 aliphatic rings. The molecule has 0 aromatic carbocycles. The van der Waals surface area contributed by atoms with E-state index in [1.807, 2.05) is 13.8 Å². The minimum absolute atomic E-state index is 0.105. The van der Waals surface area contributed by atoms with E-state index in [-0.39, 0.29) is 17.9 Å². The summed E-state index contributed by atoms with van der Waals surface area (Å²) in [6, 6.07) is 0.184. The first-order chi connectivity index (χ1) is 8.41. The third-order valence-electron chi connectivity index (χ3n) is 2.33. The molecule has 0 aliphatic carbocycles. The molecule has 1 amide bonds. The number of carboxylic acids is 1. The number of pyridine rings is 1. The van der Waals surface area contributed by atoms with E-state index in [2.05, 4.69) is 10.3 Å². The van der Waals surface area contributed by atoms with Crippen LogP contribution in [0.1, 0.15) is 30.6 Å². The van der Waals surface area contributed by atoms with Crippen LogP contribution in [0.5, 0.6) is 0 Å². The fourth-order valence-corrected chi connectivity index (χ4v) is 1.49. The molecule has 98 valence electrons. The maximum atomic E-state index is 13.3. The highest BCUT2D eigenvalue weighted by Gasteiger charge is 2.22. The summed E-state index contributed by atoms with van der Waals surface area (Å²) < 4.78 is 13.3. The number of hydrogen-bond acceptors (Lipinski definition) is 3. The average molecular weight is 254 g/mol. The molecule has 0 bridgehead atoms. The normalized spacial score (nSPS) is 12.2. The van der Waals surface area contributed by atoms with E-state index in [0.717, 1.165) is 6.20 Å². The predicted octanol–water partition coefficient (Wildman–Crippen LogP) is 1.45. The maximum absolute atomic E-state index is 13.3. The van der Waals surface area contributed by atoms with Gasteiger partial charge in [0.1, 0.15) is 6.04 Å². The summed E-state index contributed by atoms with van der Waals surface area (Å²) >= 11 is 0. The first-order valence-electron chi connectivity index (χ1n) is 5.55. The molecule has 2 N–H and O–H groups in total. The van der Waals surface area contributed by atoms with E-state index in [1.165, 1.54) is 12.3 Å².